The molecular weight excluding hydrogens is 278 g/mol. The Kier molecular flexibility index (Phi) is 4.48. The van der Waals surface area contributed by atoms with Gasteiger partial charge in [0.1, 0.15) is 0 Å². The Bertz CT molecular complexity index is 631. The third-order valence-corrected chi connectivity index (χ3v) is 3.70. The third-order valence-electron chi connectivity index (χ3n) is 3.70. The van der Waals surface area contributed by atoms with Crippen LogP contribution in [0.1, 0.15) is 23.6 Å². The molecule has 1 aromatic heterocycles. The number of nitrogens with one attached hydrogen (secondary N) is 3. The van der Waals surface area contributed by atoms with E-state index >= 15 is 0 Å². The van der Waals surface area contributed by atoms with Gasteiger partial charge in [0.2, 0.25) is 5.95 Å². The molecule has 1 atom stereocenters. The van der Waals surface area contributed by atoms with E-state index in [9.17, 15) is 4.79 Å². The van der Waals surface area contributed by atoms with Crippen LogP contribution < -0.4 is 16.0 Å². The highest BCUT2D eigenvalue weighted by molar-refractivity contribution is 5.74. The zero-order chi connectivity index (χ0) is 15.2. The van der Waals surface area contributed by atoms with Gasteiger partial charge in [-0.05, 0) is 30.0 Å². The molecule has 0 saturated heterocycles. The number of amides is 2. The van der Waals surface area contributed by atoms with Gasteiger partial charge in [0, 0.05) is 25.5 Å². The summed E-state index contributed by atoms with van der Waals surface area (Å²) in [5, 5.41) is 8.91. The maximum atomic E-state index is 11.9. The number of carbonyl (C=O) groups excluding carboxylic acids is 1. The first-order chi connectivity index (χ1) is 10.8. The van der Waals surface area contributed by atoms with E-state index in [2.05, 4.69) is 38.1 Å². The van der Waals surface area contributed by atoms with Gasteiger partial charge in [-0.15, -0.1) is 0 Å². The fourth-order valence-corrected chi connectivity index (χ4v) is 2.66. The molecule has 6 nitrogen and oxygen atoms in total. The van der Waals surface area contributed by atoms with E-state index in [-0.39, 0.29) is 12.1 Å². The summed E-state index contributed by atoms with van der Waals surface area (Å²) in [5.41, 5.74) is 2.56. The quantitative estimate of drug-likeness (QED) is 0.736. The Balaban J connectivity index is 1.40. The number of anilines is 1. The van der Waals surface area contributed by atoms with E-state index in [1.54, 1.807) is 18.5 Å². The first kappa shape index (κ1) is 14.3. The summed E-state index contributed by atoms with van der Waals surface area (Å²) in [6.45, 7) is 1.09. The minimum Gasteiger partial charge on any atom is -0.352 e. The number of rotatable bonds is 5. The number of urea groups is 1. The van der Waals surface area contributed by atoms with E-state index in [0.717, 1.165) is 12.8 Å². The van der Waals surface area contributed by atoms with Crippen molar-refractivity contribution in [2.75, 3.05) is 18.4 Å². The van der Waals surface area contributed by atoms with Gasteiger partial charge in [-0.3, -0.25) is 0 Å². The first-order valence-electron chi connectivity index (χ1n) is 7.46. The molecule has 0 fully saturated rings. The molecule has 0 spiro atoms. The molecule has 22 heavy (non-hydrogen) atoms. The molecule has 0 radical (unpaired) electrons. The number of aromatic nitrogens is 2. The standard InChI is InChI=1S/C16H19N5O/c22-16(20-11-10-19-15-17-8-3-9-18-15)21-14-7-6-12-4-1-2-5-13(12)14/h1-5,8-9,14H,6-7,10-11H2,(H,17,18,19)(H2,20,21,22)/t14-/m1/s1. The van der Waals surface area contributed by atoms with E-state index in [0.29, 0.717) is 19.0 Å². The molecule has 3 rings (SSSR count). The Hall–Kier alpha value is -2.63. The molecule has 1 aliphatic rings. The molecule has 1 aromatic carbocycles. The normalized spacial score (nSPS) is 15.9. The van der Waals surface area contributed by atoms with Gasteiger partial charge in [0.15, 0.2) is 0 Å². The van der Waals surface area contributed by atoms with Crippen LogP contribution in [0.25, 0.3) is 0 Å². The number of fused-ring (bicyclic) bond motifs is 1. The van der Waals surface area contributed by atoms with Crippen LogP contribution in [-0.2, 0) is 6.42 Å². The largest absolute Gasteiger partial charge is 0.352 e. The molecular formula is C16H19N5O. The summed E-state index contributed by atoms with van der Waals surface area (Å²) in [6, 6.07) is 9.99. The summed E-state index contributed by atoms with van der Waals surface area (Å²) < 4.78 is 0. The zero-order valence-electron chi connectivity index (χ0n) is 12.2. The number of nitrogens with zero attached hydrogens (tertiary/aromatic N) is 2. The van der Waals surface area contributed by atoms with Crippen LogP contribution in [-0.4, -0.2) is 29.1 Å². The Morgan fingerprint density at radius 3 is 2.82 bits per heavy atom. The highest BCUT2D eigenvalue weighted by atomic mass is 16.2. The Labute approximate surface area is 129 Å². The average molecular weight is 297 g/mol. The van der Waals surface area contributed by atoms with E-state index < -0.39 is 0 Å². The molecule has 3 N–H and O–H groups in total. The maximum Gasteiger partial charge on any atom is 0.315 e. The summed E-state index contributed by atoms with van der Waals surface area (Å²) in [6.07, 6.45) is 5.33. The van der Waals surface area contributed by atoms with Crippen molar-refractivity contribution in [1.29, 1.82) is 0 Å². The van der Waals surface area contributed by atoms with Crippen molar-refractivity contribution in [2.45, 2.75) is 18.9 Å². The lowest BCUT2D eigenvalue weighted by Crippen LogP contribution is -2.39. The lowest BCUT2D eigenvalue weighted by Gasteiger charge is -2.15. The van der Waals surface area contributed by atoms with Crippen LogP contribution >= 0.6 is 0 Å². The van der Waals surface area contributed by atoms with Crippen LogP contribution in [0.15, 0.2) is 42.7 Å². The highest BCUT2D eigenvalue weighted by Gasteiger charge is 2.22. The summed E-state index contributed by atoms with van der Waals surface area (Å²) >= 11 is 0. The van der Waals surface area contributed by atoms with Crippen molar-refractivity contribution < 1.29 is 4.79 Å². The van der Waals surface area contributed by atoms with Gasteiger partial charge in [-0.1, -0.05) is 24.3 Å². The van der Waals surface area contributed by atoms with Crippen molar-refractivity contribution in [3.63, 3.8) is 0 Å². The molecule has 114 valence electrons. The Morgan fingerprint density at radius 1 is 1.14 bits per heavy atom. The van der Waals surface area contributed by atoms with E-state index in [1.807, 2.05) is 12.1 Å². The molecule has 0 bridgehead atoms. The van der Waals surface area contributed by atoms with Crippen LogP contribution in [0, 0.1) is 0 Å². The van der Waals surface area contributed by atoms with Crippen LogP contribution in [0.2, 0.25) is 0 Å². The molecule has 0 unspecified atom stereocenters. The van der Waals surface area contributed by atoms with Crippen LogP contribution in [0.4, 0.5) is 10.7 Å². The minimum absolute atomic E-state index is 0.113. The van der Waals surface area contributed by atoms with E-state index in [4.69, 9.17) is 0 Å². The summed E-state index contributed by atoms with van der Waals surface area (Å²) in [4.78, 5) is 20.0. The highest BCUT2D eigenvalue weighted by Crippen LogP contribution is 2.30. The predicted molar refractivity (Wildman–Crippen MR) is 84.6 cm³/mol. The number of hydrogen-bond donors (Lipinski definition) is 3. The monoisotopic (exact) mass is 297 g/mol. The van der Waals surface area contributed by atoms with Gasteiger partial charge < -0.3 is 16.0 Å². The second-order valence-corrected chi connectivity index (χ2v) is 5.19. The second kappa shape index (κ2) is 6.89. The van der Waals surface area contributed by atoms with Crippen molar-refractivity contribution in [1.82, 2.24) is 20.6 Å². The number of carbonyl (C=O) groups is 1. The number of hydrogen-bond acceptors (Lipinski definition) is 4. The van der Waals surface area contributed by atoms with Crippen LogP contribution in [0.5, 0.6) is 0 Å². The maximum absolute atomic E-state index is 11.9. The van der Waals surface area contributed by atoms with Crippen molar-refractivity contribution >= 4 is 12.0 Å². The van der Waals surface area contributed by atoms with Gasteiger partial charge >= 0.3 is 6.03 Å². The SMILES string of the molecule is O=C(NCCNc1ncccn1)N[C@@H]1CCc2ccccc21. The molecule has 2 amide bonds. The molecule has 1 heterocycles. The smallest absolute Gasteiger partial charge is 0.315 e. The van der Waals surface area contributed by atoms with Gasteiger partial charge in [-0.2, -0.15) is 0 Å². The minimum atomic E-state index is -0.141. The summed E-state index contributed by atoms with van der Waals surface area (Å²) in [5.74, 6) is 0.564. The topological polar surface area (TPSA) is 78.9 Å². The zero-order valence-corrected chi connectivity index (χ0v) is 12.2. The predicted octanol–water partition coefficient (Wildman–Crippen LogP) is 1.88. The van der Waals surface area contributed by atoms with Crippen molar-refractivity contribution in [3.05, 3.63) is 53.9 Å². The average Bonchev–Trinajstić information content (AvgIpc) is 2.96. The van der Waals surface area contributed by atoms with Crippen LogP contribution in [0.3, 0.4) is 0 Å². The molecule has 0 saturated carbocycles. The molecule has 1 aliphatic carbocycles. The second-order valence-electron chi connectivity index (χ2n) is 5.19. The molecule has 6 heteroatoms. The van der Waals surface area contributed by atoms with E-state index in [1.165, 1.54) is 11.1 Å². The fraction of sp³-hybridized carbons (Fsp3) is 0.312. The first-order valence-corrected chi connectivity index (χ1v) is 7.46. The molecule has 0 aliphatic heterocycles. The van der Waals surface area contributed by atoms with Crippen molar-refractivity contribution in [2.24, 2.45) is 0 Å². The Morgan fingerprint density at radius 2 is 1.95 bits per heavy atom. The fourth-order valence-electron chi connectivity index (χ4n) is 2.66. The lowest BCUT2D eigenvalue weighted by molar-refractivity contribution is 0.237. The number of aryl methyl sites for hydroxylation is 1. The number of benzene rings is 1. The lowest BCUT2D eigenvalue weighted by atomic mass is 10.1. The van der Waals surface area contributed by atoms with Crippen molar-refractivity contribution in [3.8, 4) is 0 Å². The van der Waals surface area contributed by atoms with Gasteiger partial charge in [-0.25, -0.2) is 14.8 Å². The third kappa shape index (κ3) is 3.52. The summed E-state index contributed by atoms with van der Waals surface area (Å²) in [7, 11) is 0. The van der Waals surface area contributed by atoms with Gasteiger partial charge in [0.05, 0.1) is 6.04 Å². The van der Waals surface area contributed by atoms with Gasteiger partial charge in [0.25, 0.3) is 0 Å². The molecule has 2 aromatic rings.